The zero-order chi connectivity index (χ0) is 17.4. The average Bonchev–Trinajstić information content (AvgIpc) is 2.61. The van der Waals surface area contributed by atoms with Crippen molar-refractivity contribution in [2.45, 2.75) is 13.5 Å². The van der Waals surface area contributed by atoms with Crippen LogP contribution in [0.1, 0.15) is 18.1 Å². The predicted molar refractivity (Wildman–Crippen MR) is 94.5 cm³/mol. The second kappa shape index (κ2) is 8.76. The minimum atomic E-state index is -0.425. The van der Waals surface area contributed by atoms with Gasteiger partial charge in [0.05, 0.1) is 11.6 Å². The number of halogens is 1. The second-order valence-corrected chi connectivity index (χ2v) is 5.37. The van der Waals surface area contributed by atoms with Gasteiger partial charge in [0.2, 0.25) is 0 Å². The van der Waals surface area contributed by atoms with Gasteiger partial charge in [0.15, 0.2) is 0 Å². The lowest BCUT2D eigenvalue weighted by Crippen LogP contribution is -2.23. The van der Waals surface area contributed by atoms with E-state index in [1.807, 2.05) is 43.3 Å². The Hall–Kier alpha value is -2.77. The Morgan fingerprint density at radius 3 is 2.67 bits per heavy atom. The standard InChI is InChI=1S/C19H17ClN2O2/c1-2-24-18-9-8-15(11-17(18)20)10-16(12-21)19(23)22-13-14-6-4-3-5-7-14/h3-11H,2,13H2,1H3,(H,22,23)/b16-10-. The van der Waals surface area contributed by atoms with Gasteiger partial charge in [-0.1, -0.05) is 48.0 Å². The van der Waals surface area contributed by atoms with Crippen molar-refractivity contribution in [3.63, 3.8) is 0 Å². The fourth-order valence-corrected chi connectivity index (χ4v) is 2.31. The van der Waals surface area contributed by atoms with Crippen LogP contribution in [0.15, 0.2) is 54.1 Å². The zero-order valence-electron chi connectivity index (χ0n) is 13.3. The molecule has 1 amide bonds. The molecule has 24 heavy (non-hydrogen) atoms. The van der Waals surface area contributed by atoms with Gasteiger partial charge in [-0.3, -0.25) is 4.79 Å². The number of benzene rings is 2. The predicted octanol–water partition coefficient (Wildman–Crippen LogP) is 3.96. The first-order chi connectivity index (χ1) is 11.6. The van der Waals surface area contributed by atoms with Gasteiger partial charge in [0, 0.05) is 6.54 Å². The van der Waals surface area contributed by atoms with E-state index in [0.717, 1.165) is 5.56 Å². The third-order valence-corrected chi connectivity index (χ3v) is 3.52. The summed E-state index contributed by atoms with van der Waals surface area (Å²) < 4.78 is 5.36. The van der Waals surface area contributed by atoms with Gasteiger partial charge < -0.3 is 10.1 Å². The van der Waals surface area contributed by atoms with Crippen LogP contribution in [-0.4, -0.2) is 12.5 Å². The molecule has 0 atom stereocenters. The van der Waals surface area contributed by atoms with Crippen LogP contribution < -0.4 is 10.1 Å². The Balaban J connectivity index is 2.09. The first-order valence-corrected chi connectivity index (χ1v) is 7.88. The van der Waals surface area contributed by atoms with Crippen molar-refractivity contribution < 1.29 is 9.53 Å². The van der Waals surface area contributed by atoms with E-state index in [9.17, 15) is 10.1 Å². The number of amides is 1. The SMILES string of the molecule is CCOc1ccc(/C=C(/C#N)C(=O)NCc2ccccc2)cc1Cl. The van der Waals surface area contributed by atoms with E-state index < -0.39 is 5.91 Å². The van der Waals surface area contributed by atoms with Crippen molar-refractivity contribution in [2.75, 3.05) is 6.61 Å². The largest absolute Gasteiger partial charge is 0.492 e. The summed E-state index contributed by atoms with van der Waals surface area (Å²) in [5, 5.41) is 12.4. The molecular formula is C19H17ClN2O2. The van der Waals surface area contributed by atoms with E-state index in [1.165, 1.54) is 6.08 Å². The van der Waals surface area contributed by atoms with Crippen molar-refractivity contribution in [3.05, 3.63) is 70.3 Å². The molecule has 5 heteroatoms. The number of ether oxygens (including phenoxy) is 1. The van der Waals surface area contributed by atoms with Crippen LogP contribution in [0.3, 0.4) is 0 Å². The highest BCUT2D eigenvalue weighted by molar-refractivity contribution is 6.32. The third kappa shape index (κ3) is 4.87. The van der Waals surface area contributed by atoms with Crippen molar-refractivity contribution in [2.24, 2.45) is 0 Å². The Morgan fingerprint density at radius 1 is 1.29 bits per heavy atom. The van der Waals surface area contributed by atoms with Crippen LogP contribution in [0.25, 0.3) is 6.08 Å². The van der Waals surface area contributed by atoms with Crippen molar-refractivity contribution >= 4 is 23.6 Å². The number of carbonyl (C=O) groups is 1. The molecule has 0 heterocycles. The molecule has 0 aliphatic heterocycles. The summed E-state index contributed by atoms with van der Waals surface area (Å²) in [6.45, 7) is 2.75. The summed E-state index contributed by atoms with van der Waals surface area (Å²) in [6, 6.07) is 16.5. The zero-order valence-corrected chi connectivity index (χ0v) is 14.0. The van der Waals surface area contributed by atoms with Gasteiger partial charge in [0.1, 0.15) is 17.4 Å². The number of hydrogen-bond acceptors (Lipinski definition) is 3. The molecule has 2 aromatic carbocycles. The number of nitrogens with one attached hydrogen (secondary N) is 1. The molecule has 0 fully saturated rings. The van der Waals surface area contributed by atoms with Crippen LogP contribution in [0, 0.1) is 11.3 Å². The summed E-state index contributed by atoms with van der Waals surface area (Å²) in [7, 11) is 0. The van der Waals surface area contributed by atoms with E-state index >= 15 is 0 Å². The highest BCUT2D eigenvalue weighted by atomic mass is 35.5. The smallest absolute Gasteiger partial charge is 0.262 e. The van der Waals surface area contributed by atoms with E-state index in [0.29, 0.717) is 29.5 Å². The lowest BCUT2D eigenvalue weighted by Gasteiger charge is -2.07. The Labute approximate surface area is 146 Å². The van der Waals surface area contributed by atoms with Crippen molar-refractivity contribution in [3.8, 4) is 11.8 Å². The third-order valence-electron chi connectivity index (χ3n) is 3.23. The number of rotatable bonds is 6. The minimum absolute atomic E-state index is 0.0196. The van der Waals surface area contributed by atoms with Gasteiger partial charge in [-0.15, -0.1) is 0 Å². The van der Waals surface area contributed by atoms with Crippen molar-refractivity contribution in [1.29, 1.82) is 5.26 Å². The summed E-state index contributed by atoms with van der Waals surface area (Å²) in [5.41, 5.74) is 1.65. The monoisotopic (exact) mass is 340 g/mol. The van der Waals surface area contributed by atoms with Gasteiger partial charge in [-0.2, -0.15) is 5.26 Å². The molecule has 0 spiro atoms. The van der Waals surface area contributed by atoms with Crippen LogP contribution in [0.5, 0.6) is 5.75 Å². The Morgan fingerprint density at radius 2 is 2.04 bits per heavy atom. The van der Waals surface area contributed by atoms with Crippen LogP contribution in [0.4, 0.5) is 0 Å². The summed E-state index contributed by atoms with van der Waals surface area (Å²) in [4.78, 5) is 12.1. The Kier molecular flexibility index (Phi) is 6.41. The molecule has 4 nitrogen and oxygen atoms in total. The highest BCUT2D eigenvalue weighted by Crippen LogP contribution is 2.26. The molecular weight excluding hydrogens is 324 g/mol. The summed E-state index contributed by atoms with van der Waals surface area (Å²) in [6.07, 6.45) is 1.50. The number of carbonyl (C=O) groups excluding carboxylic acids is 1. The van der Waals surface area contributed by atoms with E-state index in [1.54, 1.807) is 18.2 Å². The molecule has 0 aromatic heterocycles. The first-order valence-electron chi connectivity index (χ1n) is 7.50. The molecule has 2 rings (SSSR count). The van der Waals surface area contributed by atoms with Gasteiger partial charge in [0.25, 0.3) is 5.91 Å². The van der Waals surface area contributed by atoms with Crippen LogP contribution >= 0.6 is 11.6 Å². The normalized spacial score (nSPS) is 10.8. The first kappa shape index (κ1) is 17.6. The summed E-state index contributed by atoms with van der Waals surface area (Å²) in [5.74, 6) is 0.148. The topological polar surface area (TPSA) is 62.1 Å². The lowest BCUT2D eigenvalue weighted by molar-refractivity contribution is -0.117. The molecule has 0 aliphatic rings. The fourth-order valence-electron chi connectivity index (χ4n) is 2.07. The number of hydrogen-bond donors (Lipinski definition) is 1. The van der Waals surface area contributed by atoms with E-state index in [2.05, 4.69) is 5.32 Å². The quantitative estimate of drug-likeness (QED) is 0.639. The molecule has 122 valence electrons. The molecule has 0 unspecified atom stereocenters. The minimum Gasteiger partial charge on any atom is -0.492 e. The lowest BCUT2D eigenvalue weighted by atomic mass is 10.1. The maximum absolute atomic E-state index is 12.1. The molecule has 0 radical (unpaired) electrons. The Bertz CT molecular complexity index is 780. The second-order valence-electron chi connectivity index (χ2n) is 4.96. The molecule has 0 saturated carbocycles. The molecule has 0 bridgehead atoms. The average molecular weight is 341 g/mol. The van der Waals surface area contributed by atoms with Gasteiger partial charge in [-0.25, -0.2) is 0 Å². The van der Waals surface area contributed by atoms with Gasteiger partial charge >= 0.3 is 0 Å². The molecule has 2 aromatic rings. The molecule has 1 N–H and O–H groups in total. The van der Waals surface area contributed by atoms with Gasteiger partial charge in [-0.05, 0) is 36.3 Å². The fraction of sp³-hybridized carbons (Fsp3) is 0.158. The number of nitrogens with zero attached hydrogens (tertiary/aromatic N) is 1. The summed E-state index contributed by atoms with van der Waals surface area (Å²) >= 11 is 6.12. The van der Waals surface area contributed by atoms with E-state index in [-0.39, 0.29) is 5.57 Å². The number of nitriles is 1. The maximum atomic E-state index is 12.1. The van der Waals surface area contributed by atoms with E-state index in [4.69, 9.17) is 16.3 Å². The highest BCUT2D eigenvalue weighted by Gasteiger charge is 2.09. The maximum Gasteiger partial charge on any atom is 0.262 e. The molecule has 0 aliphatic carbocycles. The van der Waals surface area contributed by atoms with Crippen molar-refractivity contribution in [1.82, 2.24) is 5.32 Å². The van der Waals surface area contributed by atoms with Crippen LogP contribution in [-0.2, 0) is 11.3 Å². The molecule has 0 saturated heterocycles. The van der Waals surface area contributed by atoms with Crippen LogP contribution in [0.2, 0.25) is 5.02 Å².